The van der Waals surface area contributed by atoms with Crippen molar-refractivity contribution in [3.05, 3.63) is 58.7 Å². The summed E-state index contributed by atoms with van der Waals surface area (Å²) in [4.78, 5) is 16.1. The van der Waals surface area contributed by atoms with Gasteiger partial charge in [-0.25, -0.2) is 9.37 Å². The van der Waals surface area contributed by atoms with Crippen molar-refractivity contribution in [2.45, 2.75) is 13.8 Å². The monoisotopic (exact) mass is 259 g/mol. The van der Waals surface area contributed by atoms with E-state index in [1.165, 1.54) is 19.2 Å². The van der Waals surface area contributed by atoms with E-state index in [1.807, 2.05) is 19.9 Å². The number of rotatable bonds is 3. The number of carbonyl (C=O) groups excluding carboxylic acids is 1. The van der Waals surface area contributed by atoms with E-state index in [4.69, 9.17) is 4.74 Å². The zero-order chi connectivity index (χ0) is 14.0. The zero-order valence-electron chi connectivity index (χ0n) is 11.0. The third-order valence-electron chi connectivity index (χ3n) is 3.09. The van der Waals surface area contributed by atoms with Gasteiger partial charge >= 0.3 is 0 Å². The first-order chi connectivity index (χ1) is 9.04. The van der Waals surface area contributed by atoms with Gasteiger partial charge in [-0.15, -0.1) is 0 Å². The van der Waals surface area contributed by atoms with Gasteiger partial charge < -0.3 is 4.74 Å². The lowest BCUT2D eigenvalue weighted by molar-refractivity contribution is 0.103. The summed E-state index contributed by atoms with van der Waals surface area (Å²) in [5.74, 6) is -0.209. The summed E-state index contributed by atoms with van der Waals surface area (Å²) in [6.07, 6.45) is 1.03. The number of methoxy groups -OCH3 is 1. The van der Waals surface area contributed by atoms with Gasteiger partial charge in [0.05, 0.1) is 18.9 Å². The fraction of sp³-hybridized carbons (Fsp3) is 0.200. The largest absolute Gasteiger partial charge is 0.496 e. The van der Waals surface area contributed by atoms with Crippen molar-refractivity contribution in [2.75, 3.05) is 7.11 Å². The van der Waals surface area contributed by atoms with Crippen molar-refractivity contribution >= 4 is 5.78 Å². The molecule has 0 aliphatic rings. The minimum absolute atomic E-state index is 0.197. The number of carbonyl (C=O) groups is 1. The van der Waals surface area contributed by atoms with Crippen molar-refractivity contribution in [3.63, 3.8) is 0 Å². The lowest BCUT2D eigenvalue weighted by Gasteiger charge is -2.12. The van der Waals surface area contributed by atoms with E-state index in [0.29, 0.717) is 11.3 Å². The van der Waals surface area contributed by atoms with E-state index in [1.54, 1.807) is 6.07 Å². The number of aryl methyl sites for hydroxylation is 1. The SMILES string of the molecule is COc1c(C(=O)c2ccc(F)cn2)ccc(C)c1C. The predicted octanol–water partition coefficient (Wildman–Crippen LogP) is 3.08. The highest BCUT2D eigenvalue weighted by molar-refractivity contribution is 6.09. The van der Waals surface area contributed by atoms with Crippen molar-refractivity contribution in [2.24, 2.45) is 0 Å². The van der Waals surface area contributed by atoms with Crippen LogP contribution < -0.4 is 4.74 Å². The number of hydrogen-bond acceptors (Lipinski definition) is 3. The Morgan fingerprint density at radius 2 is 1.95 bits per heavy atom. The van der Waals surface area contributed by atoms with Gasteiger partial charge in [0.25, 0.3) is 0 Å². The molecule has 0 unspecified atom stereocenters. The average Bonchev–Trinajstić information content (AvgIpc) is 2.41. The van der Waals surface area contributed by atoms with E-state index in [-0.39, 0.29) is 11.5 Å². The maximum absolute atomic E-state index is 12.8. The smallest absolute Gasteiger partial charge is 0.215 e. The Morgan fingerprint density at radius 3 is 2.53 bits per heavy atom. The van der Waals surface area contributed by atoms with Crippen LogP contribution in [0.2, 0.25) is 0 Å². The summed E-state index contributed by atoms with van der Waals surface area (Å²) in [5, 5.41) is 0. The number of nitrogens with zero attached hydrogens (tertiary/aromatic N) is 1. The topological polar surface area (TPSA) is 39.2 Å². The highest BCUT2D eigenvalue weighted by Crippen LogP contribution is 2.27. The molecule has 1 heterocycles. The van der Waals surface area contributed by atoms with Crippen LogP contribution in [0.1, 0.15) is 27.2 Å². The maximum atomic E-state index is 12.8. The normalized spacial score (nSPS) is 10.3. The van der Waals surface area contributed by atoms with Crippen LogP contribution in [0.15, 0.2) is 30.5 Å². The quantitative estimate of drug-likeness (QED) is 0.795. The average molecular weight is 259 g/mol. The third-order valence-corrected chi connectivity index (χ3v) is 3.09. The predicted molar refractivity (Wildman–Crippen MR) is 70.1 cm³/mol. The van der Waals surface area contributed by atoms with Crippen LogP contribution in [0.5, 0.6) is 5.75 Å². The van der Waals surface area contributed by atoms with Crippen molar-refractivity contribution < 1.29 is 13.9 Å². The molecule has 0 atom stereocenters. The number of hydrogen-bond donors (Lipinski definition) is 0. The molecule has 0 bridgehead atoms. The standard InChI is InChI=1S/C15H14FNO2/c1-9-4-6-12(15(19-3)10(9)2)14(18)13-7-5-11(16)8-17-13/h4-8H,1-3H3. The van der Waals surface area contributed by atoms with Gasteiger partial charge in [-0.1, -0.05) is 6.07 Å². The molecule has 0 radical (unpaired) electrons. The molecular formula is C15H14FNO2. The molecule has 0 N–H and O–H groups in total. The molecule has 2 rings (SSSR count). The molecule has 0 aliphatic carbocycles. The number of ether oxygens (including phenoxy) is 1. The third kappa shape index (κ3) is 2.47. The van der Waals surface area contributed by atoms with Crippen LogP contribution in [0.25, 0.3) is 0 Å². The molecular weight excluding hydrogens is 245 g/mol. The molecule has 0 spiro atoms. The summed E-state index contributed by atoms with van der Waals surface area (Å²) < 4.78 is 18.1. The van der Waals surface area contributed by atoms with Crippen LogP contribution in [0.3, 0.4) is 0 Å². The van der Waals surface area contributed by atoms with Crippen LogP contribution >= 0.6 is 0 Å². The Hall–Kier alpha value is -2.23. The molecule has 19 heavy (non-hydrogen) atoms. The number of pyridine rings is 1. The highest BCUT2D eigenvalue weighted by Gasteiger charge is 2.18. The first kappa shape index (κ1) is 13.2. The molecule has 1 aromatic carbocycles. The minimum atomic E-state index is -0.469. The maximum Gasteiger partial charge on any atom is 0.215 e. The molecule has 3 nitrogen and oxygen atoms in total. The first-order valence-electron chi connectivity index (χ1n) is 5.85. The molecule has 0 saturated carbocycles. The summed E-state index contributed by atoms with van der Waals surface area (Å²) in [7, 11) is 1.52. The van der Waals surface area contributed by atoms with E-state index >= 15 is 0 Å². The van der Waals surface area contributed by atoms with Crippen LogP contribution in [0, 0.1) is 19.7 Å². The van der Waals surface area contributed by atoms with Gasteiger partial charge in [0.15, 0.2) is 0 Å². The minimum Gasteiger partial charge on any atom is -0.496 e. The number of benzene rings is 1. The van der Waals surface area contributed by atoms with Crippen molar-refractivity contribution in [1.29, 1.82) is 0 Å². The van der Waals surface area contributed by atoms with Crippen molar-refractivity contribution in [3.8, 4) is 5.75 Å². The summed E-state index contributed by atoms with van der Waals surface area (Å²) in [6, 6.07) is 6.14. The molecule has 4 heteroatoms. The van der Waals surface area contributed by atoms with Crippen LogP contribution in [0.4, 0.5) is 4.39 Å². The van der Waals surface area contributed by atoms with E-state index in [0.717, 1.165) is 17.3 Å². The Bertz CT molecular complexity index is 621. The van der Waals surface area contributed by atoms with Gasteiger partial charge in [-0.2, -0.15) is 0 Å². The number of aromatic nitrogens is 1. The van der Waals surface area contributed by atoms with E-state index < -0.39 is 5.82 Å². The Morgan fingerprint density at radius 1 is 1.21 bits per heavy atom. The molecule has 98 valence electrons. The second kappa shape index (κ2) is 5.18. The zero-order valence-corrected chi connectivity index (χ0v) is 11.0. The Kier molecular flexibility index (Phi) is 3.60. The van der Waals surface area contributed by atoms with Crippen LogP contribution in [-0.4, -0.2) is 17.9 Å². The van der Waals surface area contributed by atoms with Gasteiger partial charge in [0, 0.05) is 0 Å². The van der Waals surface area contributed by atoms with Gasteiger partial charge in [0.1, 0.15) is 17.3 Å². The molecule has 1 aromatic heterocycles. The van der Waals surface area contributed by atoms with Gasteiger partial charge in [0.2, 0.25) is 5.78 Å². The van der Waals surface area contributed by atoms with Crippen molar-refractivity contribution in [1.82, 2.24) is 4.98 Å². The van der Waals surface area contributed by atoms with Gasteiger partial charge in [-0.05, 0) is 43.2 Å². The second-order valence-electron chi connectivity index (χ2n) is 4.28. The fourth-order valence-electron chi connectivity index (χ4n) is 1.88. The van der Waals surface area contributed by atoms with E-state index in [9.17, 15) is 9.18 Å². The second-order valence-corrected chi connectivity index (χ2v) is 4.28. The highest BCUT2D eigenvalue weighted by atomic mass is 19.1. The van der Waals surface area contributed by atoms with Gasteiger partial charge in [-0.3, -0.25) is 4.79 Å². The number of halogens is 1. The molecule has 0 amide bonds. The fourth-order valence-corrected chi connectivity index (χ4v) is 1.88. The summed E-state index contributed by atoms with van der Waals surface area (Å²) in [5.41, 5.74) is 2.59. The summed E-state index contributed by atoms with van der Waals surface area (Å²) >= 11 is 0. The lowest BCUT2D eigenvalue weighted by atomic mass is 10.00. The number of ketones is 1. The Labute approximate surface area is 111 Å². The molecule has 0 aliphatic heterocycles. The summed E-state index contributed by atoms with van der Waals surface area (Å²) in [6.45, 7) is 3.84. The first-order valence-corrected chi connectivity index (χ1v) is 5.85. The van der Waals surface area contributed by atoms with E-state index in [2.05, 4.69) is 4.98 Å². The molecule has 2 aromatic rings. The lowest BCUT2D eigenvalue weighted by Crippen LogP contribution is -2.07. The molecule has 0 saturated heterocycles. The Balaban J connectivity index is 2.50. The molecule has 0 fully saturated rings. The van der Waals surface area contributed by atoms with Crippen LogP contribution in [-0.2, 0) is 0 Å².